The third-order valence-electron chi connectivity index (χ3n) is 6.60. The number of halogens is 3. The SMILES string of the molecule is O=C1N(c2ccc(S(=O)(=O)C(F)(F)F)cc2)C(=O)C2(CC2)N1Cc1ccnc(NS(=O)(=O)Cc2ccccc2)c1. The molecule has 5 rings (SSSR count). The van der Waals surface area contributed by atoms with Crippen molar-refractivity contribution >= 4 is 43.3 Å². The molecule has 1 aliphatic carbocycles. The second-order valence-electron chi connectivity index (χ2n) is 9.38. The molecule has 3 aromatic rings. The van der Waals surface area contributed by atoms with Crippen LogP contribution in [0.5, 0.6) is 0 Å². The zero-order valence-electron chi connectivity index (χ0n) is 20.5. The molecular weight excluding hydrogens is 573 g/mol. The van der Waals surface area contributed by atoms with E-state index in [9.17, 15) is 39.6 Å². The Morgan fingerprint density at radius 1 is 0.900 bits per heavy atom. The number of aromatic nitrogens is 1. The average molecular weight is 595 g/mol. The first-order valence-corrected chi connectivity index (χ1v) is 14.9. The minimum absolute atomic E-state index is 0.0227. The molecule has 2 fully saturated rings. The Kier molecular flexibility index (Phi) is 6.61. The van der Waals surface area contributed by atoms with Crippen molar-refractivity contribution in [3.8, 4) is 0 Å². The lowest BCUT2D eigenvalue weighted by molar-refractivity contribution is -0.120. The van der Waals surface area contributed by atoms with E-state index < -0.39 is 47.7 Å². The summed E-state index contributed by atoms with van der Waals surface area (Å²) in [4.78, 5) is 31.7. The lowest BCUT2D eigenvalue weighted by Crippen LogP contribution is -2.36. The Morgan fingerprint density at radius 2 is 1.55 bits per heavy atom. The molecule has 1 N–H and O–H groups in total. The van der Waals surface area contributed by atoms with Crippen molar-refractivity contribution in [2.24, 2.45) is 0 Å². The van der Waals surface area contributed by atoms with Gasteiger partial charge in [0.25, 0.3) is 15.7 Å². The third kappa shape index (κ3) is 5.01. The molecule has 0 radical (unpaired) electrons. The Morgan fingerprint density at radius 3 is 2.15 bits per heavy atom. The number of anilines is 2. The summed E-state index contributed by atoms with van der Waals surface area (Å²) in [5.74, 6) is -0.837. The monoisotopic (exact) mass is 594 g/mol. The highest BCUT2D eigenvalue weighted by Crippen LogP contribution is 2.49. The summed E-state index contributed by atoms with van der Waals surface area (Å²) in [6.45, 7) is -0.0719. The molecule has 0 unspecified atom stereocenters. The largest absolute Gasteiger partial charge is 0.501 e. The van der Waals surface area contributed by atoms with Crippen LogP contribution in [0.1, 0.15) is 24.0 Å². The van der Waals surface area contributed by atoms with Crippen LogP contribution in [0.25, 0.3) is 0 Å². The van der Waals surface area contributed by atoms with Gasteiger partial charge in [-0.1, -0.05) is 30.3 Å². The number of urea groups is 1. The van der Waals surface area contributed by atoms with Crippen LogP contribution in [0, 0.1) is 0 Å². The van der Waals surface area contributed by atoms with Crippen molar-refractivity contribution in [2.45, 2.75) is 41.1 Å². The number of imide groups is 1. The van der Waals surface area contributed by atoms with Gasteiger partial charge >= 0.3 is 11.5 Å². The maximum Gasteiger partial charge on any atom is 0.501 e. The fourth-order valence-corrected chi connectivity index (χ4v) is 6.37. The van der Waals surface area contributed by atoms with Gasteiger partial charge in [-0.15, -0.1) is 0 Å². The van der Waals surface area contributed by atoms with Crippen LogP contribution in [-0.4, -0.2) is 49.7 Å². The summed E-state index contributed by atoms with van der Waals surface area (Å²) >= 11 is 0. The number of hydrogen-bond acceptors (Lipinski definition) is 7. The number of sulfonamides is 1. The standard InChI is InChI=1S/C25H21F3N4O6S2/c26-25(27,28)40(37,38)20-8-6-19(7-9-20)32-22(33)24(11-12-24)31(23(32)34)15-18-10-13-29-21(14-18)30-39(35,36)16-17-4-2-1-3-5-17/h1-10,13-14H,11-12,15-16H2,(H,29,30). The van der Waals surface area contributed by atoms with Gasteiger partial charge < -0.3 is 4.90 Å². The summed E-state index contributed by atoms with van der Waals surface area (Å²) in [6.07, 6.45) is 2.07. The molecule has 1 aromatic heterocycles. The molecule has 10 nitrogen and oxygen atoms in total. The molecule has 0 atom stereocenters. The van der Waals surface area contributed by atoms with Gasteiger partial charge in [-0.3, -0.25) is 9.52 Å². The van der Waals surface area contributed by atoms with E-state index in [0.717, 1.165) is 17.0 Å². The molecule has 2 aliphatic rings. The van der Waals surface area contributed by atoms with Crippen molar-refractivity contribution in [1.82, 2.24) is 9.88 Å². The zero-order valence-corrected chi connectivity index (χ0v) is 22.1. The smallest absolute Gasteiger partial charge is 0.305 e. The molecule has 40 heavy (non-hydrogen) atoms. The predicted octanol–water partition coefficient (Wildman–Crippen LogP) is 3.82. The fourth-order valence-electron chi connectivity index (χ4n) is 4.47. The van der Waals surface area contributed by atoms with Crippen LogP contribution >= 0.6 is 0 Å². The third-order valence-corrected chi connectivity index (χ3v) is 9.33. The number of hydrogen-bond donors (Lipinski definition) is 1. The summed E-state index contributed by atoms with van der Waals surface area (Å²) in [5, 5.41) is 0. The van der Waals surface area contributed by atoms with Crippen molar-refractivity contribution in [1.29, 1.82) is 0 Å². The van der Waals surface area contributed by atoms with Gasteiger partial charge in [0.05, 0.1) is 16.3 Å². The van der Waals surface area contributed by atoms with E-state index >= 15 is 0 Å². The van der Waals surface area contributed by atoms with E-state index in [2.05, 4.69) is 9.71 Å². The van der Waals surface area contributed by atoms with Crippen LogP contribution in [0.2, 0.25) is 0 Å². The first-order chi connectivity index (χ1) is 18.7. The number of amides is 3. The maximum absolute atomic E-state index is 13.3. The summed E-state index contributed by atoms with van der Waals surface area (Å²) < 4.78 is 89.6. The van der Waals surface area contributed by atoms with Gasteiger partial charge in [-0.2, -0.15) is 13.2 Å². The number of alkyl halides is 3. The first kappa shape index (κ1) is 27.6. The second kappa shape index (κ2) is 9.59. The van der Waals surface area contributed by atoms with Gasteiger partial charge in [0.1, 0.15) is 11.4 Å². The second-order valence-corrected chi connectivity index (χ2v) is 13.0. The molecule has 1 spiro atoms. The summed E-state index contributed by atoms with van der Waals surface area (Å²) in [5.41, 5.74) is -5.67. The van der Waals surface area contributed by atoms with Gasteiger partial charge in [0.2, 0.25) is 10.0 Å². The Balaban J connectivity index is 1.35. The number of nitrogens with zero attached hydrogens (tertiary/aromatic N) is 3. The van der Waals surface area contributed by atoms with E-state index in [-0.39, 0.29) is 23.8 Å². The first-order valence-electron chi connectivity index (χ1n) is 11.8. The molecule has 15 heteroatoms. The molecule has 2 aromatic carbocycles. The molecule has 1 saturated carbocycles. The molecule has 210 valence electrons. The van der Waals surface area contributed by atoms with Crippen LogP contribution in [0.3, 0.4) is 0 Å². The maximum atomic E-state index is 13.3. The van der Waals surface area contributed by atoms with Gasteiger partial charge in [0, 0.05) is 12.7 Å². The normalized spacial score (nSPS) is 17.0. The Bertz CT molecular complexity index is 1690. The van der Waals surface area contributed by atoms with E-state index in [1.54, 1.807) is 36.4 Å². The molecule has 0 bridgehead atoms. The quantitative estimate of drug-likeness (QED) is 0.392. The number of nitrogens with one attached hydrogen (secondary N) is 1. The lowest BCUT2D eigenvalue weighted by Gasteiger charge is -2.21. The number of carbonyl (C=O) groups is 2. The van der Waals surface area contributed by atoms with Gasteiger partial charge in [-0.25, -0.2) is 31.5 Å². The Labute approximate surface area is 227 Å². The molecule has 2 heterocycles. The molecule has 1 saturated heterocycles. The van der Waals surface area contributed by atoms with Crippen molar-refractivity contribution in [3.05, 3.63) is 84.1 Å². The fraction of sp³-hybridized carbons (Fsp3) is 0.240. The van der Waals surface area contributed by atoms with E-state index in [1.165, 1.54) is 17.2 Å². The van der Waals surface area contributed by atoms with Crippen molar-refractivity contribution in [3.63, 3.8) is 0 Å². The number of sulfone groups is 1. The summed E-state index contributed by atoms with van der Waals surface area (Å²) in [6, 6.07) is 14.1. The van der Waals surface area contributed by atoms with Crippen LogP contribution in [0.15, 0.2) is 77.8 Å². The van der Waals surface area contributed by atoms with Crippen molar-refractivity contribution < 1.29 is 39.6 Å². The van der Waals surface area contributed by atoms with Gasteiger partial charge in [-0.05, 0) is 60.4 Å². The highest BCUT2D eigenvalue weighted by atomic mass is 32.2. The lowest BCUT2D eigenvalue weighted by atomic mass is 10.2. The van der Waals surface area contributed by atoms with E-state index in [1.807, 2.05) is 0 Å². The average Bonchev–Trinajstić information content (AvgIpc) is 3.66. The molecule has 1 aliphatic heterocycles. The van der Waals surface area contributed by atoms with Crippen LogP contribution < -0.4 is 9.62 Å². The molecular formula is C25H21F3N4O6S2. The molecule has 3 amide bonds. The highest BCUT2D eigenvalue weighted by Gasteiger charge is 2.65. The van der Waals surface area contributed by atoms with Crippen molar-refractivity contribution in [2.75, 3.05) is 9.62 Å². The minimum atomic E-state index is -5.59. The zero-order chi connectivity index (χ0) is 28.9. The number of benzene rings is 2. The summed E-state index contributed by atoms with van der Waals surface area (Å²) in [7, 11) is -9.39. The number of rotatable bonds is 8. The van der Waals surface area contributed by atoms with Crippen LogP contribution in [0.4, 0.5) is 29.5 Å². The predicted molar refractivity (Wildman–Crippen MR) is 137 cm³/mol. The topological polar surface area (TPSA) is 134 Å². The number of carbonyl (C=O) groups excluding carboxylic acids is 2. The highest BCUT2D eigenvalue weighted by molar-refractivity contribution is 7.92. The Hall–Kier alpha value is -3.98. The van der Waals surface area contributed by atoms with Gasteiger partial charge in [0.15, 0.2) is 0 Å². The van der Waals surface area contributed by atoms with E-state index in [0.29, 0.717) is 36.1 Å². The van der Waals surface area contributed by atoms with E-state index in [4.69, 9.17) is 0 Å². The minimum Gasteiger partial charge on any atom is -0.305 e. The van der Waals surface area contributed by atoms with Crippen LogP contribution in [-0.2, 0) is 37.0 Å². The number of pyridine rings is 1.